The molecule has 304 valence electrons. The Kier molecular flexibility index (Phi) is 13.5. The maximum atomic E-state index is 13.1. The number of benzene rings is 4. The van der Waals surface area contributed by atoms with Gasteiger partial charge in [0.25, 0.3) is 20.0 Å². The van der Waals surface area contributed by atoms with Crippen LogP contribution in [0.15, 0.2) is 119 Å². The Morgan fingerprint density at radius 1 is 0.596 bits per heavy atom. The lowest BCUT2D eigenvalue weighted by Gasteiger charge is -2.37. The zero-order chi connectivity index (χ0) is 38.8. The molecule has 1 amide bonds. The number of hydrogen-bond donors (Lipinski definition) is 1. The molecule has 2 aliphatic rings. The summed E-state index contributed by atoms with van der Waals surface area (Å²) in [6.07, 6.45) is 2.92. The largest absolute Gasteiger partial charge is 0.444 e. The van der Waals surface area contributed by atoms with Crippen LogP contribution in [0.3, 0.4) is 0 Å². The molecule has 1 N–H and O–H groups in total. The van der Waals surface area contributed by atoms with Crippen molar-refractivity contribution >= 4 is 84.1 Å². The van der Waals surface area contributed by atoms with Crippen molar-refractivity contribution in [3.63, 3.8) is 0 Å². The van der Waals surface area contributed by atoms with E-state index in [1.165, 1.54) is 0 Å². The molecule has 18 heteroatoms. The molecule has 14 nitrogen and oxygen atoms in total. The highest BCUT2D eigenvalue weighted by Gasteiger charge is 2.28. The molecule has 0 spiro atoms. The van der Waals surface area contributed by atoms with Crippen LogP contribution < -0.4 is 15.1 Å². The minimum Gasteiger partial charge on any atom is -0.444 e. The van der Waals surface area contributed by atoms with E-state index in [9.17, 15) is 21.6 Å². The van der Waals surface area contributed by atoms with E-state index < -0.39 is 25.6 Å². The van der Waals surface area contributed by atoms with Crippen LogP contribution >= 0.6 is 24.8 Å². The lowest BCUT2D eigenvalue weighted by Crippen LogP contribution is -2.50. The van der Waals surface area contributed by atoms with Gasteiger partial charge in [0.15, 0.2) is 0 Å². The van der Waals surface area contributed by atoms with Gasteiger partial charge >= 0.3 is 6.09 Å². The maximum absolute atomic E-state index is 13.1. The molecule has 57 heavy (non-hydrogen) atoms. The highest BCUT2D eigenvalue weighted by Crippen LogP contribution is 2.31. The fourth-order valence-electron chi connectivity index (χ4n) is 6.71. The van der Waals surface area contributed by atoms with Crippen LogP contribution in [0.25, 0.3) is 21.8 Å². The van der Waals surface area contributed by atoms with Crippen molar-refractivity contribution in [2.24, 2.45) is 0 Å². The second-order valence-corrected chi connectivity index (χ2v) is 17.8. The van der Waals surface area contributed by atoms with Crippen LogP contribution in [-0.2, 0) is 24.8 Å². The summed E-state index contributed by atoms with van der Waals surface area (Å²) in [5.74, 6) is 0. The average Bonchev–Trinajstić information content (AvgIpc) is 3.85. The number of carbonyl (C=O) groups is 1. The highest BCUT2D eigenvalue weighted by atomic mass is 35.5. The molecular formula is C39H46Cl2N8O6S2. The number of ether oxygens (including phenoxy) is 1. The first-order chi connectivity index (χ1) is 26.3. The lowest BCUT2D eigenvalue weighted by atomic mass is 10.2. The fourth-order valence-corrected chi connectivity index (χ4v) is 9.29. The number of halogens is 2. The summed E-state index contributed by atoms with van der Waals surface area (Å²) < 4.78 is 59.5. The van der Waals surface area contributed by atoms with E-state index in [4.69, 9.17) is 4.74 Å². The fraction of sp³-hybridized carbons (Fsp3) is 0.308. The SMILES string of the molecule is CC(C)(C)OC(=O)N1CCN(c2cccc3c2cnn3S(=O)(=O)c2ccccc2)CC1.Cl.Cl.O=S(=O)(c1ccccc1)n1ncc2c(N3CCNCC3)cccc21. The van der Waals surface area contributed by atoms with Gasteiger partial charge in [-0.25, -0.2) is 4.79 Å². The zero-order valence-electron chi connectivity index (χ0n) is 31.8. The van der Waals surface area contributed by atoms with Gasteiger partial charge in [0.05, 0.1) is 33.2 Å². The first kappa shape index (κ1) is 43.3. The van der Waals surface area contributed by atoms with E-state index in [1.54, 1.807) is 90.1 Å². The number of rotatable bonds is 6. The van der Waals surface area contributed by atoms with Gasteiger partial charge in [-0.3, -0.25) is 0 Å². The molecule has 4 heterocycles. The van der Waals surface area contributed by atoms with Gasteiger partial charge in [0.1, 0.15) is 5.60 Å². The number of aromatic nitrogens is 4. The zero-order valence-corrected chi connectivity index (χ0v) is 35.0. The van der Waals surface area contributed by atoms with Crippen LogP contribution in [0, 0.1) is 0 Å². The van der Waals surface area contributed by atoms with Crippen LogP contribution in [0.2, 0.25) is 0 Å². The minimum atomic E-state index is -3.79. The molecule has 0 unspecified atom stereocenters. The molecule has 2 aliphatic heterocycles. The number of fused-ring (bicyclic) bond motifs is 2. The first-order valence-electron chi connectivity index (χ1n) is 18.1. The summed E-state index contributed by atoms with van der Waals surface area (Å²) in [5.41, 5.74) is 2.53. The molecule has 8 rings (SSSR count). The predicted octanol–water partition coefficient (Wildman–Crippen LogP) is 5.86. The number of anilines is 2. The maximum Gasteiger partial charge on any atom is 0.410 e. The number of hydrogen-bond acceptors (Lipinski definition) is 11. The topological polar surface area (TPSA) is 152 Å². The van der Waals surface area contributed by atoms with E-state index >= 15 is 0 Å². The van der Waals surface area contributed by atoms with Crippen LogP contribution in [0.4, 0.5) is 16.2 Å². The third kappa shape index (κ3) is 9.15. The Hall–Kier alpha value is -4.87. The molecule has 2 fully saturated rings. The van der Waals surface area contributed by atoms with Crippen molar-refractivity contribution in [3.05, 3.63) is 109 Å². The van der Waals surface area contributed by atoms with E-state index in [1.807, 2.05) is 45.0 Å². The van der Waals surface area contributed by atoms with Crippen molar-refractivity contribution in [3.8, 4) is 0 Å². The summed E-state index contributed by atoms with van der Waals surface area (Å²) in [5, 5.41) is 13.3. The van der Waals surface area contributed by atoms with Crippen LogP contribution in [-0.4, -0.2) is 104 Å². The summed E-state index contributed by atoms with van der Waals surface area (Å²) >= 11 is 0. The van der Waals surface area contributed by atoms with Crippen LogP contribution in [0.1, 0.15) is 20.8 Å². The molecule has 2 saturated heterocycles. The second kappa shape index (κ2) is 17.7. The average molecular weight is 858 g/mol. The number of amides is 1. The van der Waals surface area contributed by atoms with Gasteiger partial charge in [0.2, 0.25) is 0 Å². The Labute approximate surface area is 345 Å². The number of carbonyl (C=O) groups excluding carboxylic acids is 1. The molecule has 0 radical (unpaired) electrons. The molecule has 4 aromatic carbocycles. The Bertz CT molecular complexity index is 2520. The summed E-state index contributed by atoms with van der Waals surface area (Å²) in [7, 11) is -7.48. The molecule has 0 saturated carbocycles. The normalized spacial score (nSPS) is 15.0. The Morgan fingerprint density at radius 2 is 1.02 bits per heavy atom. The third-order valence-corrected chi connectivity index (χ3v) is 12.6. The summed E-state index contributed by atoms with van der Waals surface area (Å²) in [6, 6.07) is 27.9. The van der Waals surface area contributed by atoms with Crippen molar-refractivity contribution in [1.82, 2.24) is 28.6 Å². The standard InChI is InChI=1S/C22H26N4O4S.C17H18N4O2S.2ClH/c1-22(2,3)30-21(27)25-14-12-24(13-15-25)19-10-7-11-20-18(19)16-23-26(20)31(28,29)17-8-5-4-6-9-17;22-24(23,14-5-2-1-3-6-14)21-17-8-4-7-16(15(17)13-19-21)20-11-9-18-10-12-20;;/h4-11,16H,12-15H2,1-3H3;1-8,13,18H,9-12H2;2*1H. The summed E-state index contributed by atoms with van der Waals surface area (Å²) in [4.78, 5) is 18.9. The smallest absolute Gasteiger partial charge is 0.410 e. The number of nitrogens with one attached hydrogen (secondary N) is 1. The van der Waals surface area contributed by atoms with E-state index in [-0.39, 0.29) is 40.7 Å². The van der Waals surface area contributed by atoms with Crippen LogP contribution in [0.5, 0.6) is 0 Å². The number of piperazine rings is 2. The Morgan fingerprint density at radius 3 is 1.44 bits per heavy atom. The van der Waals surface area contributed by atoms with Gasteiger partial charge < -0.3 is 24.8 Å². The van der Waals surface area contributed by atoms with Crippen molar-refractivity contribution in [1.29, 1.82) is 0 Å². The molecule has 0 aliphatic carbocycles. The molecule has 0 atom stereocenters. The van der Waals surface area contributed by atoms with Gasteiger partial charge in [-0.05, 0) is 69.3 Å². The third-order valence-electron chi connectivity index (χ3n) is 9.38. The lowest BCUT2D eigenvalue weighted by molar-refractivity contribution is 0.0240. The van der Waals surface area contributed by atoms with E-state index in [2.05, 4.69) is 25.3 Å². The molecule has 6 aromatic rings. The van der Waals surface area contributed by atoms with Gasteiger partial charge in [-0.2, -0.15) is 35.2 Å². The number of nitrogens with zero attached hydrogens (tertiary/aromatic N) is 7. The van der Waals surface area contributed by atoms with E-state index in [0.717, 1.165) is 56.5 Å². The molecular weight excluding hydrogens is 812 g/mol. The van der Waals surface area contributed by atoms with E-state index in [0.29, 0.717) is 37.2 Å². The molecule has 2 aromatic heterocycles. The monoisotopic (exact) mass is 856 g/mol. The second-order valence-electron chi connectivity index (χ2n) is 14.2. The van der Waals surface area contributed by atoms with Gasteiger partial charge in [-0.1, -0.05) is 48.5 Å². The first-order valence-corrected chi connectivity index (χ1v) is 21.0. The van der Waals surface area contributed by atoms with Gasteiger partial charge in [-0.15, -0.1) is 24.8 Å². The Balaban J connectivity index is 0.000000216. The molecule has 0 bridgehead atoms. The quantitative estimate of drug-likeness (QED) is 0.215. The van der Waals surface area contributed by atoms with Crippen molar-refractivity contribution in [2.45, 2.75) is 36.2 Å². The van der Waals surface area contributed by atoms with Crippen molar-refractivity contribution < 1.29 is 26.4 Å². The minimum absolute atomic E-state index is 0. The van der Waals surface area contributed by atoms with Gasteiger partial charge in [0, 0.05) is 74.5 Å². The predicted molar refractivity (Wildman–Crippen MR) is 227 cm³/mol. The highest BCUT2D eigenvalue weighted by molar-refractivity contribution is 7.90. The summed E-state index contributed by atoms with van der Waals surface area (Å²) in [6.45, 7) is 11.5. The van der Waals surface area contributed by atoms with Crippen molar-refractivity contribution in [2.75, 3.05) is 62.2 Å².